The fraction of sp³-hybridized carbons (Fsp3) is 0.571. The van der Waals surface area contributed by atoms with Gasteiger partial charge in [-0.25, -0.2) is 0 Å². The number of piperidine rings is 1. The average molecular weight is 282 g/mol. The molecule has 16 heavy (non-hydrogen) atoms. The van der Waals surface area contributed by atoms with E-state index in [1.54, 1.807) is 0 Å². The molecule has 1 saturated heterocycles. The summed E-state index contributed by atoms with van der Waals surface area (Å²) in [5, 5.41) is 0. The van der Waals surface area contributed by atoms with Gasteiger partial charge >= 0.3 is 0 Å². The molecule has 88 valence electrons. The standard InChI is InChI=1S/C14H20BrN/c1-11(12-7-9-16(2)10-8-12)13-5-3-4-6-14(13)15/h3-6,11-12H,7-10H2,1-2H3. The zero-order valence-electron chi connectivity index (χ0n) is 10.1. The lowest BCUT2D eigenvalue weighted by Gasteiger charge is -2.33. The van der Waals surface area contributed by atoms with Crippen molar-refractivity contribution >= 4 is 15.9 Å². The van der Waals surface area contributed by atoms with E-state index in [9.17, 15) is 0 Å². The molecule has 0 aliphatic carbocycles. The molecule has 0 amide bonds. The summed E-state index contributed by atoms with van der Waals surface area (Å²) in [7, 11) is 2.22. The molecule has 1 atom stereocenters. The zero-order chi connectivity index (χ0) is 11.5. The predicted octanol–water partition coefficient (Wildman–Crippen LogP) is 3.89. The molecule has 2 heteroatoms. The minimum Gasteiger partial charge on any atom is -0.306 e. The molecule has 0 spiro atoms. The number of hydrogen-bond donors (Lipinski definition) is 0. The van der Waals surface area contributed by atoms with Crippen LogP contribution in [-0.4, -0.2) is 25.0 Å². The fourth-order valence-corrected chi connectivity index (χ4v) is 3.27. The first kappa shape index (κ1) is 12.1. The van der Waals surface area contributed by atoms with Gasteiger partial charge in [0.15, 0.2) is 0 Å². The molecule has 1 aromatic rings. The molecular formula is C14H20BrN. The van der Waals surface area contributed by atoms with Gasteiger partial charge in [0.05, 0.1) is 0 Å². The van der Waals surface area contributed by atoms with Gasteiger partial charge in [-0.05, 0) is 56.4 Å². The Labute approximate surface area is 107 Å². The molecule has 0 aromatic heterocycles. The van der Waals surface area contributed by atoms with E-state index in [-0.39, 0.29) is 0 Å². The number of hydrogen-bond acceptors (Lipinski definition) is 1. The largest absolute Gasteiger partial charge is 0.306 e. The van der Waals surface area contributed by atoms with Crippen molar-refractivity contribution in [2.45, 2.75) is 25.7 Å². The molecule has 1 heterocycles. The lowest BCUT2D eigenvalue weighted by Crippen LogP contribution is -2.32. The van der Waals surface area contributed by atoms with Crippen LogP contribution in [0.15, 0.2) is 28.7 Å². The van der Waals surface area contributed by atoms with Crippen molar-refractivity contribution in [1.29, 1.82) is 0 Å². The summed E-state index contributed by atoms with van der Waals surface area (Å²) in [6, 6.07) is 8.65. The number of benzene rings is 1. The second-order valence-corrected chi connectivity index (χ2v) is 5.81. The molecule has 1 aromatic carbocycles. The maximum absolute atomic E-state index is 3.66. The van der Waals surface area contributed by atoms with Crippen LogP contribution >= 0.6 is 15.9 Å². The van der Waals surface area contributed by atoms with Gasteiger partial charge in [-0.15, -0.1) is 0 Å². The third-order valence-electron chi connectivity index (χ3n) is 3.87. The Balaban J connectivity index is 2.07. The normalized spacial score (nSPS) is 20.9. The van der Waals surface area contributed by atoms with Crippen molar-refractivity contribution in [3.8, 4) is 0 Å². The van der Waals surface area contributed by atoms with Gasteiger partial charge in [0.1, 0.15) is 0 Å². The fourth-order valence-electron chi connectivity index (χ4n) is 2.63. The first-order chi connectivity index (χ1) is 7.68. The molecule has 2 rings (SSSR count). The zero-order valence-corrected chi connectivity index (χ0v) is 11.7. The molecule has 0 bridgehead atoms. The summed E-state index contributed by atoms with van der Waals surface area (Å²) < 4.78 is 1.27. The van der Waals surface area contributed by atoms with Crippen LogP contribution in [0, 0.1) is 5.92 Å². The maximum Gasteiger partial charge on any atom is 0.0210 e. The SMILES string of the molecule is CC(c1ccccc1Br)C1CCN(C)CC1. The van der Waals surface area contributed by atoms with Crippen LogP contribution < -0.4 is 0 Å². The van der Waals surface area contributed by atoms with E-state index in [4.69, 9.17) is 0 Å². The van der Waals surface area contributed by atoms with Crippen molar-refractivity contribution in [2.75, 3.05) is 20.1 Å². The van der Waals surface area contributed by atoms with Crippen LogP contribution in [0.1, 0.15) is 31.2 Å². The number of likely N-dealkylation sites (tertiary alicyclic amines) is 1. The Bertz CT molecular complexity index is 342. The molecule has 1 fully saturated rings. The van der Waals surface area contributed by atoms with Gasteiger partial charge in [-0.2, -0.15) is 0 Å². The van der Waals surface area contributed by atoms with Crippen molar-refractivity contribution in [1.82, 2.24) is 4.90 Å². The second kappa shape index (κ2) is 5.33. The summed E-state index contributed by atoms with van der Waals surface area (Å²) in [6.45, 7) is 4.87. The third kappa shape index (κ3) is 2.67. The van der Waals surface area contributed by atoms with E-state index >= 15 is 0 Å². The highest BCUT2D eigenvalue weighted by atomic mass is 79.9. The van der Waals surface area contributed by atoms with Gasteiger partial charge in [0.2, 0.25) is 0 Å². The molecule has 1 aliphatic rings. The molecular weight excluding hydrogens is 262 g/mol. The van der Waals surface area contributed by atoms with Crippen LogP contribution in [0.3, 0.4) is 0 Å². The number of halogens is 1. The summed E-state index contributed by atoms with van der Waals surface area (Å²) >= 11 is 3.66. The molecule has 1 aliphatic heterocycles. The summed E-state index contributed by atoms with van der Waals surface area (Å²) in [5.74, 6) is 1.51. The van der Waals surface area contributed by atoms with E-state index in [0.29, 0.717) is 5.92 Å². The van der Waals surface area contributed by atoms with Crippen LogP contribution in [0.25, 0.3) is 0 Å². The van der Waals surface area contributed by atoms with Gasteiger partial charge in [0.25, 0.3) is 0 Å². The van der Waals surface area contributed by atoms with Gasteiger partial charge in [-0.3, -0.25) is 0 Å². The number of rotatable bonds is 2. The number of nitrogens with zero attached hydrogens (tertiary/aromatic N) is 1. The quantitative estimate of drug-likeness (QED) is 0.795. The van der Waals surface area contributed by atoms with E-state index in [1.807, 2.05) is 0 Å². The van der Waals surface area contributed by atoms with E-state index in [2.05, 4.69) is 59.1 Å². The predicted molar refractivity (Wildman–Crippen MR) is 72.8 cm³/mol. The topological polar surface area (TPSA) is 3.24 Å². The van der Waals surface area contributed by atoms with E-state index in [0.717, 1.165) is 5.92 Å². The van der Waals surface area contributed by atoms with Crippen molar-refractivity contribution in [2.24, 2.45) is 5.92 Å². The van der Waals surface area contributed by atoms with Crippen LogP contribution in [0.5, 0.6) is 0 Å². The highest BCUT2D eigenvalue weighted by molar-refractivity contribution is 9.10. The van der Waals surface area contributed by atoms with E-state index < -0.39 is 0 Å². The first-order valence-electron chi connectivity index (χ1n) is 6.11. The highest BCUT2D eigenvalue weighted by Crippen LogP contribution is 2.35. The van der Waals surface area contributed by atoms with Crippen molar-refractivity contribution in [3.05, 3.63) is 34.3 Å². The third-order valence-corrected chi connectivity index (χ3v) is 4.59. The lowest BCUT2D eigenvalue weighted by atomic mass is 9.81. The second-order valence-electron chi connectivity index (χ2n) is 4.95. The summed E-state index contributed by atoms with van der Waals surface area (Å²) in [4.78, 5) is 2.43. The summed E-state index contributed by atoms with van der Waals surface area (Å²) in [6.07, 6.45) is 2.66. The minimum absolute atomic E-state index is 0.671. The Morgan fingerprint density at radius 1 is 1.25 bits per heavy atom. The molecule has 0 radical (unpaired) electrons. The molecule has 1 nitrogen and oxygen atoms in total. The van der Waals surface area contributed by atoms with Crippen molar-refractivity contribution < 1.29 is 0 Å². The van der Waals surface area contributed by atoms with Gasteiger partial charge < -0.3 is 4.90 Å². The molecule has 0 N–H and O–H groups in total. The van der Waals surface area contributed by atoms with Crippen LogP contribution in [-0.2, 0) is 0 Å². The van der Waals surface area contributed by atoms with Gasteiger partial charge in [-0.1, -0.05) is 41.1 Å². The minimum atomic E-state index is 0.671. The highest BCUT2D eigenvalue weighted by Gasteiger charge is 2.24. The monoisotopic (exact) mass is 281 g/mol. The van der Waals surface area contributed by atoms with Crippen LogP contribution in [0.4, 0.5) is 0 Å². The molecule has 1 unspecified atom stereocenters. The Morgan fingerprint density at radius 2 is 1.88 bits per heavy atom. The maximum atomic E-state index is 3.66. The average Bonchev–Trinajstić information content (AvgIpc) is 2.30. The van der Waals surface area contributed by atoms with Crippen molar-refractivity contribution in [3.63, 3.8) is 0 Å². The summed E-state index contributed by atoms with van der Waals surface area (Å²) in [5.41, 5.74) is 1.47. The Morgan fingerprint density at radius 3 is 2.50 bits per heavy atom. The Kier molecular flexibility index (Phi) is 4.04. The van der Waals surface area contributed by atoms with Crippen LogP contribution in [0.2, 0.25) is 0 Å². The van der Waals surface area contributed by atoms with Gasteiger partial charge in [0, 0.05) is 4.47 Å². The molecule has 0 saturated carbocycles. The first-order valence-corrected chi connectivity index (χ1v) is 6.90. The lowest BCUT2D eigenvalue weighted by molar-refractivity contribution is 0.202. The Hall–Kier alpha value is -0.340. The van der Waals surface area contributed by atoms with E-state index in [1.165, 1.54) is 36.0 Å². The smallest absolute Gasteiger partial charge is 0.0210 e.